The highest BCUT2D eigenvalue weighted by Gasteiger charge is 2.05. The molecule has 0 atom stereocenters. The first-order valence-electron chi connectivity index (χ1n) is 6.61. The van der Waals surface area contributed by atoms with Crippen LogP contribution in [-0.2, 0) is 0 Å². The van der Waals surface area contributed by atoms with E-state index in [1.54, 1.807) is 42.5 Å². The number of ether oxygens (including phenoxy) is 1. The van der Waals surface area contributed by atoms with Crippen LogP contribution in [0.2, 0.25) is 10.0 Å². The van der Waals surface area contributed by atoms with Crippen LogP contribution in [0.25, 0.3) is 0 Å². The standard InChI is InChI=1S/C16H14Cl2N2O2/c1-2-22-15-8-7-14(18)9-12(15)10-19-20-16(21)11-3-5-13(17)6-4-11/h3-10H,2H2,1H3,(H,20,21)/b19-10-. The maximum atomic E-state index is 11.9. The second kappa shape index (κ2) is 7.82. The third-order valence-electron chi connectivity index (χ3n) is 2.75. The lowest BCUT2D eigenvalue weighted by Gasteiger charge is -2.07. The fourth-order valence-electron chi connectivity index (χ4n) is 1.73. The Kier molecular flexibility index (Phi) is 5.81. The number of carbonyl (C=O) groups excluding carboxylic acids is 1. The van der Waals surface area contributed by atoms with Crippen LogP contribution in [0.1, 0.15) is 22.8 Å². The Hall–Kier alpha value is -2.04. The third-order valence-corrected chi connectivity index (χ3v) is 3.23. The molecule has 1 N–H and O–H groups in total. The molecule has 0 saturated heterocycles. The highest BCUT2D eigenvalue weighted by Crippen LogP contribution is 2.21. The van der Waals surface area contributed by atoms with Gasteiger partial charge in [0, 0.05) is 21.2 Å². The van der Waals surface area contributed by atoms with Crippen molar-refractivity contribution < 1.29 is 9.53 Å². The van der Waals surface area contributed by atoms with Gasteiger partial charge in [-0.1, -0.05) is 23.2 Å². The molecular formula is C16H14Cl2N2O2. The maximum Gasteiger partial charge on any atom is 0.271 e. The average Bonchev–Trinajstić information content (AvgIpc) is 2.50. The molecule has 0 unspecified atom stereocenters. The molecule has 0 aliphatic carbocycles. The molecule has 0 fully saturated rings. The second-order valence-corrected chi connectivity index (χ2v) is 5.19. The van der Waals surface area contributed by atoms with Gasteiger partial charge >= 0.3 is 0 Å². The van der Waals surface area contributed by atoms with E-state index in [4.69, 9.17) is 27.9 Å². The van der Waals surface area contributed by atoms with Crippen LogP contribution in [-0.4, -0.2) is 18.7 Å². The van der Waals surface area contributed by atoms with Crippen LogP contribution in [0.15, 0.2) is 47.6 Å². The highest BCUT2D eigenvalue weighted by molar-refractivity contribution is 6.31. The van der Waals surface area contributed by atoms with E-state index in [1.807, 2.05) is 6.92 Å². The van der Waals surface area contributed by atoms with Gasteiger partial charge in [0.15, 0.2) is 0 Å². The molecular weight excluding hydrogens is 323 g/mol. The van der Waals surface area contributed by atoms with Crippen LogP contribution in [0.3, 0.4) is 0 Å². The van der Waals surface area contributed by atoms with Gasteiger partial charge in [0.25, 0.3) is 5.91 Å². The summed E-state index contributed by atoms with van der Waals surface area (Å²) in [6.07, 6.45) is 1.49. The van der Waals surface area contributed by atoms with Gasteiger partial charge in [-0.25, -0.2) is 5.43 Å². The molecule has 4 nitrogen and oxygen atoms in total. The molecule has 0 aliphatic heterocycles. The molecule has 0 aromatic heterocycles. The predicted octanol–water partition coefficient (Wildman–Crippen LogP) is 4.16. The number of rotatable bonds is 5. The Bertz CT molecular complexity index is 685. The lowest BCUT2D eigenvalue weighted by molar-refractivity contribution is 0.0955. The van der Waals surface area contributed by atoms with Gasteiger partial charge in [-0.05, 0) is 49.4 Å². The number of hydrogen-bond donors (Lipinski definition) is 1. The maximum absolute atomic E-state index is 11.9. The number of benzene rings is 2. The molecule has 22 heavy (non-hydrogen) atoms. The summed E-state index contributed by atoms with van der Waals surface area (Å²) in [6, 6.07) is 11.7. The smallest absolute Gasteiger partial charge is 0.271 e. The zero-order valence-corrected chi connectivity index (χ0v) is 13.4. The Morgan fingerprint density at radius 1 is 1.18 bits per heavy atom. The Balaban J connectivity index is 2.07. The van der Waals surface area contributed by atoms with Crippen LogP contribution in [0.5, 0.6) is 5.75 Å². The van der Waals surface area contributed by atoms with Gasteiger partial charge in [-0.3, -0.25) is 4.79 Å². The Morgan fingerprint density at radius 2 is 1.86 bits per heavy atom. The number of hydrazone groups is 1. The highest BCUT2D eigenvalue weighted by atomic mass is 35.5. The van der Waals surface area contributed by atoms with Crippen molar-refractivity contribution in [3.05, 3.63) is 63.6 Å². The van der Waals surface area contributed by atoms with Gasteiger partial charge in [0.2, 0.25) is 0 Å². The summed E-state index contributed by atoms with van der Waals surface area (Å²) in [5.41, 5.74) is 3.60. The van der Waals surface area contributed by atoms with E-state index in [9.17, 15) is 4.79 Å². The Morgan fingerprint density at radius 3 is 2.55 bits per heavy atom. The summed E-state index contributed by atoms with van der Waals surface area (Å²) in [6.45, 7) is 2.41. The zero-order chi connectivity index (χ0) is 15.9. The first-order chi connectivity index (χ1) is 10.6. The minimum Gasteiger partial charge on any atom is -0.493 e. The number of hydrogen-bond acceptors (Lipinski definition) is 3. The van der Waals surface area contributed by atoms with Crippen molar-refractivity contribution in [1.29, 1.82) is 0 Å². The topological polar surface area (TPSA) is 50.7 Å². The molecule has 0 heterocycles. The summed E-state index contributed by atoms with van der Waals surface area (Å²) < 4.78 is 5.47. The summed E-state index contributed by atoms with van der Waals surface area (Å²) in [7, 11) is 0. The number of nitrogens with one attached hydrogen (secondary N) is 1. The molecule has 0 aliphatic rings. The van der Waals surface area contributed by atoms with Crippen molar-refractivity contribution in [2.75, 3.05) is 6.61 Å². The van der Waals surface area contributed by atoms with Gasteiger partial charge in [0.05, 0.1) is 12.8 Å². The molecule has 2 aromatic rings. The van der Waals surface area contributed by atoms with Crippen molar-refractivity contribution in [3.63, 3.8) is 0 Å². The van der Waals surface area contributed by atoms with Gasteiger partial charge in [0.1, 0.15) is 5.75 Å². The number of nitrogens with zero attached hydrogens (tertiary/aromatic N) is 1. The number of carbonyl (C=O) groups is 1. The van der Waals surface area contributed by atoms with Crippen LogP contribution < -0.4 is 10.2 Å². The van der Waals surface area contributed by atoms with Gasteiger partial charge in [-0.15, -0.1) is 0 Å². The number of halogens is 2. The predicted molar refractivity (Wildman–Crippen MR) is 89.1 cm³/mol. The molecule has 0 bridgehead atoms. The first kappa shape index (κ1) is 16.3. The first-order valence-corrected chi connectivity index (χ1v) is 7.37. The average molecular weight is 337 g/mol. The van der Waals surface area contributed by atoms with Gasteiger partial charge < -0.3 is 4.74 Å². The van der Waals surface area contributed by atoms with Crippen molar-refractivity contribution in [3.8, 4) is 5.75 Å². The number of amides is 1. The summed E-state index contributed by atoms with van der Waals surface area (Å²) in [5.74, 6) is 0.323. The lowest BCUT2D eigenvalue weighted by atomic mass is 10.2. The summed E-state index contributed by atoms with van der Waals surface area (Å²) in [4.78, 5) is 11.9. The normalized spacial score (nSPS) is 10.7. The SMILES string of the molecule is CCOc1ccc(Cl)cc1/C=N\NC(=O)c1ccc(Cl)cc1. The largest absolute Gasteiger partial charge is 0.493 e. The van der Waals surface area contributed by atoms with Gasteiger partial charge in [-0.2, -0.15) is 5.10 Å². The summed E-state index contributed by atoms with van der Waals surface area (Å²) in [5, 5.41) is 5.06. The molecule has 0 spiro atoms. The Labute approximate surface area is 138 Å². The fraction of sp³-hybridized carbons (Fsp3) is 0.125. The van der Waals surface area contributed by atoms with E-state index in [0.29, 0.717) is 33.5 Å². The molecule has 1 amide bonds. The zero-order valence-electron chi connectivity index (χ0n) is 11.8. The van der Waals surface area contributed by atoms with Crippen molar-refractivity contribution in [1.82, 2.24) is 5.43 Å². The van der Waals surface area contributed by atoms with E-state index >= 15 is 0 Å². The molecule has 0 radical (unpaired) electrons. The lowest BCUT2D eigenvalue weighted by Crippen LogP contribution is -2.17. The van der Waals surface area contributed by atoms with E-state index in [2.05, 4.69) is 10.5 Å². The fourth-order valence-corrected chi connectivity index (χ4v) is 2.04. The van der Waals surface area contributed by atoms with Crippen LogP contribution in [0.4, 0.5) is 0 Å². The second-order valence-electron chi connectivity index (χ2n) is 4.32. The van der Waals surface area contributed by atoms with Crippen molar-refractivity contribution in [2.45, 2.75) is 6.92 Å². The molecule has 2 rings (SSSR count). The third kappa shape index (κ3) is 4.48. The minimum absolute atomic E-state index is 0.326. The van der Waals surface area contributed by atoms with Crippen molar-refractivity contribution in [2.24, 2.45) is 5.10 Å². The quantitative estimate of drug-likeness (QED) is 0.658. The molecule has 0 saturated carbocycles. The van der Waals surface area contributed by atoms with E-state index in [-0.39, 0.29) is 5.91 Å². The van der Waals surface area contributed by atoms with Crippen LogP contribution >= 0.6 is 23.2 Å². The van der Waals surface area contributed by atoms with E-state index in [0.717, 1.165) is 0 Å². The van der Waals surface area contributed by atoms with Crippen LogP contribution in [0, 0.1) is 0 Å². The molecule has 2 aromatic carbocycles. The van der Waals surface area contributed by atoms with Crippen molar-refractivity contribution >= 4 is 35.3 Å². The molecule has 114 valence electrons. The monoisotopic (exact) mass is 336 g/mol. The van der Waals surface area contributed by atoms with E-state index in [1.165, 1.54) is 6.21 Å². The minimum atomic E-state index is -0.326. The summed E-state index contributed by atoms with van der Waals surface area (Å²) >= 11 is 11.7. The molecule has 6 heteroatoms. The van der Waals surface area contributed by atoms with E-state index < -0.39 is 0 Å².